The molecule has 0 radical (unpaired) electrons. The van der Waals surface area contributed by atoms with Gasteiger partial charge in [-0.1, -0.05) is 11.6 Å². The summed E-state index contributed by atoms with van der Waals surface area (Å²) in [5.74, 6) is 0. The average Bonchev–Trinajstić information content (AvgIpc) is 2.68. The number of aromatic nitrogens is 2. The molecule has 2 rings (SSSR count). The summed E-state index contributed by atoms with van der Waals surface area (Å²) >= 11 is 5.89. The van der Waals surface area contributed by atoms with Crippen LogP contribution < -0.4 is 5.32 Å². The number of halogens is 1. The Morgan fingerprint density at radius 2 is 2.20 bits per heavy atom. The molecular weight excluding hydrogens is 280 g/mol. The lowest BCUT2D eigenvalue weighted by Gasteiger charge is -2.14. The van der Waals surface area contributed by atoms with Crippen molar-refractivity contribution in [3.05, 3.63) is 50.8 Å². The summed E-state index contributed by atoms with van der Waals surface area (Å²) in [6.07, 6.45) is 1.94. The minimum Gasteiger partial charge on any atom is -0.378 e. The van der Waals surface area contributed by atoms with Crippen LogP contribution in [0.25, 0.3) is 0 Å². The molecule has 1 unspecified atom stereocenters. The summed E-state index contributed by atoms with van der Waals surface area (Å²) in [5, 5.41) is 18.4. The molecule has 106 valence electrons. The van der Waals surface area contributed by atoms with Crippen LogP contribution in [0, 0.1) is 17.0 Å². The topological polar surface area (TPSA) is 73.0 Å². The Morgan fingerprint density at radius 1 is 1.50 bits per heavy atom. The highest BCUT2D eigenvalue weighted by Crippen LogP contribution is 2.29. The number of hydrogen-bond acceptors (Lipinski definition) is 4. The second-order valence-electron chi connectivity index (χ2n) is 4.63. The molecule has 0 spiro atoms. The van der Waals surface area contributed by atoms with Crippen LogP contribution in [-0.2, 0) is 7.05 Å². The van der Waals surface area contributed by atoms with E-state index in [1.807, 2.05) is 27.1 Å². The van der Waals surface area contributed by atoms with E-state index < -0.39 is 4.92 Å². The molecule has 0 saturated heterocycles. The lowest BCUT2D eigenvalue weighted by molar-refractivity contribution is -0.384. The summed E-state index contributed by atoms with van der Waals surface area (Å²) in [7, 11) is 1.87. The molecular formula is C13H15ClN4O2. The standard InChI is InChI=1S/C13H15ClN4O2/c1-8(11-7-17(3)16-9(11)2)15-10-4-5-13(18(19)20)12(14)6-10/h4-8,15H,1-3H3. The minimum absolute atomic E-state index is 0.0289. The highest BCUT2D eigenvalue weighted by molar-refractivity contribution is 6.32. The number of anilines is 1. The maximum Gasteiger partial charge on any atom is 0.288 e. The first-order chi connectivity index (χ1) is 9.38. The molecule has 0 aliphatic rings. The van der Waals surface area contributed by atoms with E-state index in [1.165, 1.54) is 6.07 Å². The van der Waals surface area contributed by atoms with E-state index in [-0.39, 0.29) is 16.8 Å². The van der Waals surface area contributed by atoms with Crippen molar-refractivity contribution in [3.63, 3.8) is 0 Å². The van der Waals surface area contributed by atoms with Crippen LogP contribution in [0.15, 0.2) is 24.4 Å². The van der Waals surface area contributed by atoms with Gasteiger partial charge in [-0.2, -0.15) is 5.10 Å². The molecule has 1 heterocycles. The van der Waals surface area contributed by atoms with Gasteiger partial charge in [-0.15, -0.1) is 0 Å². The van der Waals surface area contributed by atoms with Crippen LogP contribution in [0.4, 0.5) is 11.4 Å². The SMILES string of the molecule is Cc1nn(C)cc1C(C)Nc1ccc([N+](=O)[O-])c(Cl)c1. The molecule has 0 bridgehead atoms. The smallest absolute Gasteiger partial charge is 0.288 e. The van der Waals surface area contributed by atoms with Crippen LogP contribution in [0.5, 0.6) is 0 Å². The Labute approximate surface area is 121 Å². The fraction of sp³-hybridized carbons (Fsp3) is 0.308. The number of benzene rings is 1. The van der Waals surface area contributed by atoms with E-state index in [1.54, 1.807) is 16.8 Å². The summed E-state index contributed by atoms with van der Waals surface area (Å²) in [6.45, 7) is 3.94. The monoisotopic (exact) mass is 294 g/mol. The first-order valence-electron chi connectivity index (χ1n) is 6.09. The van der Waals surface area contributed by atoms with E-state index in [2.05, 4.69) is 10.4 Å². The van der Waals surface area contributed by atoms with E-state index >= 15 is 0 Å². The third-order valence-electron chi connectivity index (χ3n) is 3.05. The number of nitro benzene ring substituents is 1. The molecule has 0 amide bonds. The lowest BCUT2D eigenvalue weighted by atomic mass is 10.1. The molecule has 2 aromatic rings. The third-order valence-corrected chi connectivity index (χ3v) is 3.35. The van der Waals surface area contributed by atoms with Gasteiger partial charge in [-0.25, -0.2) is 0 Å². The van der Waals surface area contributed by atoms with Crippen molar-refractivity contribution in [3.8, 4) is 0 Å². The highest BCUT2D eigenvalue weighted by atomic mass is 35.5. The zero-order valence-corrected chi connectivity index (χ0v) is 12.2. The van der Waals surface area contributed by atoms with Gasteiger partial charge >= 0.3 is 0 Å². The molecule has 6 nitrogen and oxygen atoms in total. The summed E-state index contributed by atoms with van der Waals surface area (Å²) in [5.41, 5.74) is 2.65. The fourth-order valence-electron chi connectivity index (χ4n) is 2.12. The van der Waals surface area contributed by atoms with Crippen LogP contribution >= 0.6 is 11.6 Å². The molecule has 7 heteroatoms. The van der Waals surface area contributed by atoms with Gasteiger partial charge in [-0.05, 0) is 26.0 Å². The molecule has 1 aromatic carbocycles. The molecule has 1 atom stereocenters. The van der Waals surface area contributed by atoms with E-state index in [9.17, 15) is 10.1 Å². The van der Waals surface area contributed by atoms with Gasteiger partial charge in [-0.3, -0.25) is 14.8 Å². The number of nitrogens with one attached hydrogen (secondary N) is 1. The van der Waals surface area contributed by atoms with Gasteiger partial charge in [0, 0.05) is 30.6 Å². The van der Waals surface area contributed by atoms with Crippen LogP contribution in [0.1, 0.15) is 24.2 Å². The molecule has 0 aliphatic heterocycles. The van der Waals surface area contributed by atoms with Gasteiger partial charge in [0.15, 0.2) is 0 Å². The Kier molecular flexibility index (Phi) is 3.94. The van der Waals surface area contributed by atoms with Crippen molar-refractivity contribution >= 4 is 23.0 Å². The van der Waals surface area contributed by atoms with Crippen molar-refractivity contribution < 1.29 is 4.92 Å². The maximum atomic E-state index is 10.7. The van der Waals surface area contributed by atoms with Crippen molar-refractivity contribution in [2.24, 2.45) is 7.05 Å². The normalized spacial score (nSPS) is 12.2. The van der Waals surface area contributed by atoms with Gasteiger partial charge < -0.3 is 5.32 Å². The Morgan fingerprint density at radius 3 is 2.70 bits per heavy atom. The van der Waals surface area contributed by atoms with Crippen LogP contribution in [-0.4, -0.2) is 14.7 Å². The first-order valence-corrected chi connectivity index (χ1v) is 6.47. The Hall–Kier alpha value is -2.08. The van der Waals surface area contributed by atoms with Gasteiger partial charge in [0.2, 0.25) is 0 Å². The van der Waals surface area contributed by atoms with Crippen LogP contribution in [0.2, 0.25) is 5.02 Å². The predicted molar refractivity (Wildman–Crippen MR) is 78.1 cm³/mol. The number of aryl methyl sites for hydroxylation is 2. The van der Waals surface area contributed by atoms with Crippen LogP contribution in [0.3, 0.4) is 0 Å². The fourth-order valence-corrected chi connectivity index (χ4v) is 2.37. The lowest BCUT2D eigenvalue weighted by Crippen LogP contribution is -2.07. The zero-order chi connectivity index (χ0) is 14.9. The third kappa shape index (κ3) is 2.91. The maximum absolute atomic E-state index is 10.7. The quantitative estimate of drug-likeness (QED) is 0.692. The Bertz CT molecular complexity index is 654. The number of nitro groups is 1. The van der Waals surface area contributed by atoms with E-state index in [0.29, 0.717) is 0 Å². The van der Waals surface area contributed by atoms with E-state index in [4.69, 9.17) is 11.6 Å². The number of rotatable bonds is 4. The molecule has 20 heavy (non-hydrogen) atoms. The highest BCUT2D eigenvalue weighted by Gasteiger charge is 2.15. The predicted octanol–water partition coefficient (Wildman–Crippen LogP) is 3.46. The molecule has 0 saturated carbocycles. The summed E-state index contributed by atoms with van der Waals surface area (Å²) < 4.78 is 1.76. The second-order valence-corrected chi connectivity index (χ2v) is 5.04. The van der Waals surface area contributed by atoms with Crippen molar-refractivity contribution in [1.29, 1.82) is 0 Å². The molecule has 1 aromatic heterocycles. The summed E-state index contributed by atoms with van der Waals surface area (Å²) in [6, 6.07) is 4.63. The largest absolute Gasteiger partial charge is 0.378 e. The van der Waals surface area contributed by atoms with Crippen molar-refractivity contribution in [2.75, 3.05) is 5.32 Å². The number of nitrogens with zero attached hydrogens (tertiary/aromatic N) is 3. The van der Waals surface area contributed by atoms with Gasteiger partial charge in [0.25, 0.3) is 5.69 Å². The van der Waals surface area contributed by atoms with E-state index in [0.717, 1.165) is 16.9 Å². The molecule has 0 aliphatic carbocycles. The van der Waals surface area contributed by atoms with Crippen molar-refractivity contribution in [2.45, 2.75) is 19.9 Å². The van der Waals surface area contributed by atoms with Gasteiger partial charge in [0.1, 0.15) is 5.02 Å². The number of hydrogen-bond donors (Lipinski definition) is 1. The zero-order valence-electron chi connectivity index (χ0n) is 11.4. The molecule has 0 fully saturated rings. The first kappa shape index (κ1) is 14.3. The Balaban J connectivity index is 2.20. The van der Waals surface area contributed by atoms with Gasteiger partial charge in [0.05, 0.1) is 16.7 Å². The summed E-state index contributed by atoms with van der Waals surface area (Å²) in [4.78, 5) is 10.2. The second kappa shape index (κ2) is 5.50. The minimum atomic E-state index is -0.499. The van der Waals surface area contributed by atoms with Crippen molar-refractivity contribution in [1.82, 2.24) is 9.78 Å². The average molecular weight is 295 g/mol. The molecule has 1 N–H and O–H groups in total.